The summed E-state index contributed by atoms with van der Waals surface area (Å²) in [6.07, 6.45) is 1.81. The third-order valence-electron chi connectivity index (χ3n) is 3.80. The number of alkyl halides is 1. The first-order valence-electron chi connectivity index (χ1n) is 6.05. The van der Waals surface area contributed by atoms with Crippen LogP contribution in [0.5, 0.6) is 0 Å². The molecular weight excluding hydrogens is 217 g/mol. The molecule has 0 saturated carbocycles. The maximum atomic E-state index is 12.3. The summed E-state index contributed by atoms with van der Waals surface area (Å²) in [6, 6.07) is 10.4. The summed E-state index contributed by atoms with van der Waals surface area (Å²) >= 11 is 0. The maximum absolute atomic E-state index is 12.3. The smallest absolute Gasteiger partial charge is 0.253 e. The summed E-state index contributed by atoms with van der Waals surface area (Å²) in [5, 5.41) is 0. The molecule has 2 nitrogen and oxygen atoms in total. The highest BCUT2D eigenvalue weighted by Crippen LogP contribution is 2.34. The van der Waals surface area contributed by atoms with E-state index in [9.17, 15) is 9.18 Å². The molecule has 1 heterocycles. The number of amides is 1. The van der Waals surface area contributed by atoms with E-state index in [1.54, 1.807) is 4.90 Å². The Morgan fingerprint density at radius 3 is 2.41 bits per heavy atom. The van der Waals surface area contributed by atoms with Gasteiger partial charge in [0.1, 0.15) is 0 Å². The molecule has 0 N–H and O–H groups in total. The lowest BCUT2D eigenvalue weighted by molar-refractivity contribution is -0.133. The minimum atomic E-state index is -0.873. The number of halogens is 1. The van der Waals surface area contributed by atoms with E-state index in [1.165, 1.54) is 5.56 Å². The number of rotatable bonds is 2. The molecule has 1 aromatic rings. The molecule has 1 fully saturated rings. The second-order valence-electron chi connectivity index (χ2n) is 4.94. The van der Waals surface area contributed by atoms with Crippen molar-refractivity contribution < 1.29 is 9.18 Å². The molecule has 1 aliphatic rings. The topological polar surface area (TPSA) is 20.3 Å². The van der Waals surface area contributed by atoms with E-state index in [2.05, 4.69) is 19.1 Å². The number of nitrogens with zero attached hydrogens (tertiary/aromatic N) is 1. The lowest BCUT2D eigenvalue weighted by Crippen LogP contribution is -2.44. The molecular formula is C14H18FNO. The predicted molar refractivity (Wildman–Crippen MR) is 65.6 cm³/mol. The van der Waals surface area contributed by atoms with Crippen LogP contribution >= 0.6 is 0 Å². The van der Waals surface area contributed by atoms with Gasteiger partial charge in [0, 0.05) is 13.1 Å². The second-order valence-corrected chi connectivity index (χ2v) is 4.94. The number of benzene rings is 1. The molecule has 0 aromatic heterocycles. The first-order chi connectivity index (χ1) is 8.15. The number of hydrogen-bond donors (Lipinski definition) is 0. The van der Waals surface area contributed by atoms with Gasteiger partial charge in [-0.05, 0) is 23.8 Å². The number of hydrogen-bond acceptors (Lipinski definition) is 1. The molecule has 1 saturated heterocycles. The highest BCUT2D eigenvalue weighted by Gasteiger charge is 2.32. The van der Waals surface area contributed by atoms with Crippen LogP contribution in [0, 0.1) is 0 Å². The van der Waals surface area contributed by atoms with E-state index in [-0.39, 0.29) is 11.3 Å². The van der Waals surface area contributed by atoms with Crippen molar-refractivity contribution in [3.05, 3.63) is 35.9 Å². The average Bonchev–Trinajstić information content (AvgIpc) is 2.40. The molecule has 3 heteroatoms. The van der Waals surface area contributed by atoms with Crippen molar-refractivity contribution in [3.63, 3.8) is 0 Å². The molecule has 0 atom stereocenters. The Labute approximate surface area is 101 Å². The third kappa shape index (κ3) is 2.48. The number of piperidine rings is 1. The van der Waals surface area contributed by atoms with Crippen LogP contribution in [-0.2, 0) is 10.2 Å². The molecule has 1 aromatic carbocycles. The molecule has 0 bridgehead atoms. The van der Waals surface area contributed by atoms with Gasteiger partial charge in [0.15, 0.2) is 6.67 Å². The van der Waals surface area contributed by atoms with Gasteiger partial charge in [0.2, 0.25) is 0 Å². The minimum absolute atomic E-state index is 0.119. The van der Waals surface area contributed by atoms with Crippen LogP contribution in [0.15, 0.2) is 30.3 Å². The van der Waals surface area contributed by atoms with Gasteiger partial charge in [-0.25, -0.2) is 4.39 Å². The first kappa shape index (κ1) is 12.1. The van der Waals surface area contributed by atoms with Crippen molar-refractivity contribution in [2.75, 3.05) is 19.8 Å². The second kappa shape index (κ2) is 4.86. The highest BCUT2D eigenvalue weighted by atomic mass is 19.1. The van der Waals surface area contributed by atoms with Gasteiger partial charge in [-0.1, -0.05) is 37.3 Å². The zero-order valence-electron chi connectivity index (χ0n) is 10.2. The highest BCUT2D eigenvalue weighted by molar-refractivity contribution is 5.77. The van der Waals surface area contributed by atoms with Crippen molar-refractivity contribution in [2.45, 2.75) is 25.2 Å². The largest absolute Gasteiger partial charge is 0.340 e. The van der Waals surface area contributed by atoms with E-state index in [0.29, 0.717) is 13.1 Å². The van der Waals surface area contributed by atoms with Crippen LogP contribution in [-0.4, -0.2) is 30.6 Å². The Kier molecular flexibility index (Phi) is 3.46. The normalized spacial score (nSPS) is 19.1. The van der Waals surface area contributed by atoms with Gasteiger partial charge < -0.3 is 4.90 Å². The van der Waals surface area contributed by atoms with E-state index >= 15 is 0 Å². The van der Waals surface area contributed by atoms with Crippen LogP contribution in [0.4, 0.5) is 4.39 Å². The van der Waals surface area contributed by atoms with Crippen LogP contribution < -0.4 is 0 Å². The zero-order valence-corrected chi connectivity index (χ0v) is 10.2. The molecule has 2 rings (SSSR count). The summed E-state index contributed by atoms with van der Waals surface area (Å²) in [7, 11) is 0. The summed E-state index contributed by atoms with van der Waals surface area (Å²) in [5.74, 6) is -0.375. The van der Waals surface area contributed by atoms with Gasteiger partial charge in [0.25, 0.3) is 5.91 Å². The average molecular weight is 235 g/mol. The Hall–Kier alpha value is -1.38. The van der Waals surface area contributed by atoms with E-state index < -0.39 is 6.67 Å². The zero-order chi connectivity index (χ0) is 12.3. The molecule has 1 amide bonds. The Balaban J connectivity index is 2.05. The minimum Gasteiger partial charge on any atom is -0.340 e. The lowest BCUT2D eigenvalue weighted by atomic mass is 9.74. The van der Waals surface area contributed by atoms with E-state index in [0.717, 1.165) is 12.8 Å². The predicted octanol–water partition coefficient (Wildman–Crippen LogP) is 2.54. The van der Waals surface area contributed by atoms with Crippen LogP contribution in [0.3, 0.4) is 0 Å². The Bertz CT molecular complexity index is 382. The quantitative estimate of drug-likeness (QED) is 0.771. The van der Waals surface area contributed by atoms with Crippen LogP contribution in [0.1, 0.15) is 25.3 Å². The summed E-state index contributed by atoms with van der Waals surface area (Å²) in [5.41, 5.74) is 1.43. The fraction of sp³-hybridized carbons (Fsp3) is 0.500. The van der Waals surface area contributed by atoms with Crippen molar-refractivity contribution in [3.8, 4) is 0 Å². The van der Waals surface area contributed by atoms with Crippen molar-refractivity contribution in [1.82, 2.24) is 4.90 Å². The fourth-order valence-electron chi connectivity index (χ4n) is 2.46. The Morgan fingerprint density at radius 2 is 1.88 bits per heavy atom. The van der Waals surface area contributed by atoms with Crippen molar-refractivity contribution in [2.24, 2.45) is 0 Å². The molecule has 0 aliphatic carbocycles. The summed E-state index contributed by atoms with van der Waals surface area (Å²) in [6.45, 7) is 2.67. The molecule has 0 radical (unpaired) electrons. The number of carbonyl (C=O) groups excluding carboxylic acids is 1. The molecule has 92 valence electrons. The van der Waals surface area contributed by atoms with E-state index in [1.807, 2.05) is 18.2 Å². The Morgan fingerprint density at radius 1 is 1.29 bits per heavy atom. The lowest BCUT2D eigenvalue weighted by Gasteiger charge is -2.39. The fourth-order valence-corrected chi connectivity index (χ4v) is 2.46. The van der Waals surface area contributed by atoms with Crippen molar-refractivity contribution >= 4 is 5.91 Å². The summed E-state index contributed by atoms with van der Waals surface area (Å²) in [4.78, 5) is 12.9. The molecule has 1 aliphatic heterocycles. The number of carbonyl (C=O) groups is 1. The van der Waals surface area contributed by atoms with E-state index in [4.69, 9.17) is 0 Å². The van der Waals surface area contributed by atoms with Crippen LogP contribution in [0.25, 0.3) is 0 Å². The SMILES string of the molecule is CC1(c2ccccc2)CCN(C(=O)CF)CC1. The van der Waals surface area contributed by atoms with Crippen LogP contribution in [0.2, 0.25) is 0 Å². The van der Waals surface area contributed by atoms with Gasteiger partial charge in [0.05, 0.1) is 0 Å². The maximum Gasteiger partial charge on any atom is 0.253 e. The van der Waals surface area contributed by atoms with Gasteiger partial charge in [-0.2, -0.15) is 0 Å². The molecule has 17 heavy (non-hydrogen) atoms. The van der Waals surface area contributed by atoms with Gasteiger partial charge in [-0.15, -0.1) is 0 Å². The third-order valence-corrected chi connectivity index (χ3v) is 3.80. The standard InChI is InChI=1S/C14H18FNO/c1-14(12-5-3-2-4-6-12)7-9-16(10-8-14)13(17)11-15/h2-6H,7-11H2,1H3. The number of likely N-dealkylation sites (tertiary alicyclic amines) is 1. The molecule has 0 unspecified atom stereocenters. The summed E-state index contributed by atoms with van der Waals surface area (Å²) < 4.78 is 12.3. The molecule has 0 spiro atoms. The van der Waals surface area contributed by atoms with Gasteiger partial charge in [-0.3, -0.25) is 4.79 Å². The van der Waals surface area contributed by atoms with Gasteiger partial charge >= 0.3 is 0 Å². The monoisotopic (exact) mass is 235 g/mol. The first-order valence-corrected chi connectivity index (χ1v) is 6.05. The van der Waals surface area contributed by atoms with Crippen molar-refractivity contribution in [1.29, 1.82) is 0 Å².